The predicted molar refractivity (Wildman–Crippen MR) is 113 cm³/mol. The molecule has 1 N–H and O–H groups in total. The zero-order valence-electron chi connectivity index (χ0n) is 16.9. The number of amides is 2. The topological polar surface area (TPSA) is 52.7 Å². The first-order valence-corrected chi connectivity index (χ1v) is 10.3. The molecular formula is C22H32ClN3O2. The number of carbonyl (C=O) groups is 2. The van der Waals surface area contributed by atoms with Crippen LogP contribution in [0.25, 0.3) is 0 Å². The fourth-order valence-corrected chi connectivity index (χ4v) is 4.90. The largest absolute Gasteiger partial charge is 0.339 e. The highest BCUT2D eigenvalue weighted by Crippen LogP contribution is 2.59. The Hall–Kier alpha value is -1.59. The lowest BCUT2D eigenvalue weighted by Gasteiger charge is -2.39. The second-order valence-electron chi connectivity index (χ2n) is 8.98. The SMILES string of the molecule is CC(C)(C(=O)N1CCN(C(=O)C2CC23CCNCC3)CC1)c1ccccc1.Cl. The van der Waals surface area contributed by atoms with Crippen molar-refractivity contribution in [3.63, 3.8) is 0 Å². The van der Waals surface area contributed by atoms with Crippen LogP contribution < -0.4 is 5.32 Å². The smallest absolute Gasteiger partial charge is 0.232 e. The molecule has 2 amide bonds. The van der Waals surface area contributed by atoms with E-state index in [1.54, 1.807) is 0 Å². The normalized spacial score (nSPS) is 23.9. The predicted octanol–water partition coefficient (Wildman–Crippen LogP) is 2.45. The Bertz CT molecular complexity index is 708. The Morgan fingerprint density at radius 1 is 1.00 bits per heavy atom. The van der Waals surface area contributed by atoms with Gasteiger partial charge in [0.15, 0.2) is 0 Å². The number of hydrogen-bond acceptors (Lipinski definition) is 3. The number of carbonyl (C=O) groups excluding carboxylic acids is 2. The highest BCUT2D eigenvalue weighted by Gasteiger charge is 2.58. The standard InChI is InChI=1S/C22H31N3O2.ClH/c1-21(2,17-6-4-3-5-7-17)20(27)25-14-12-24(13-15-25)19(26)18-16-22(18)8-10-23-11-9-22;/h3-7,18,23H,8-16H2,1-2H3;1H. The van der Waals surface area contributed by atoms with Gasteiger partial charge in [-0.3, -0.25) is 9.59 Å². The summed E-state index contributed by atoms with van der Waals surface area (Å²) in [6.45, 7) is 8.69. The van der Waals surface area contributed by atoms with Crippen LogP contribution in [0.3, 0.4) is 0 Å². The van der Waals surface area contributed by atoms with Gasteiger partial charge in [-0.05, 0) is 57.2 Å². The molecule has 4 rings (SSSR count). The third-order valence-electron chi connectivity index (χ3n) is 7.00. The number of hydrogen-bond donors (Lipinski definition) is 1. The Kier molecular flexibility index (Phi) is 6.06. The second-order valence-corrected chi connectivity index (χ2v) is 8.98. The van der Waals surface area contributed by atoms with Gasteiger partial charge in [0.05, 0.1) is 5.41 Å². The van der Waals surface area contributed by atoms with Crippen LogP contribution in [-0.2, 0) is 15.0 Å². The molecule has 2 aliphatic heterocycles. The molecule has 3 fully saturated rings. The number of benzene rings is 1. The van der Waals surface area contributed by atoms with Crippen molar-refractivity contribution >= 4 is 24.2 Å². The molecular weight excluding hydrogens is 374 g/mol. The minimum Gasteiger partial charge on any atom is -0.339 e. The number of rotatable bonds is 3. The van der Waals surface area contributed by atoms with Crippen LogP contribution in [0.4, 0.5) is 0 Å². The minimum atomic E-state index is -0.539. The van der Waals surface area contributed by atoms with E-state index in [4.69, 9.17) is 0 Å². The van der Waals surface area contributed by atoms with Crippen LogP contribution in [0.15, 0.2) is 30.3 Å². The molecule has 0 radical (unpaired) electrons. The van der Waals surface area contributed by atoms with E-state index in [2.05, 4.69) is 5.32 Å². The Morgan fingerprint density at radius 2 is 1.57 bits per heavy atom. The van der Waals surface area contributed by atoms with Crippen molar-refractivity contribution in [2.45, 2.75) is 38.5 Å². The van der Waals surface area contributed by atoms with Gasteiger partial charge < -0.3 is 15.1 Å². The number of halogens is 1. The third-order valence-corrected chi connectivity index (χ3v) is 7.00. The summed E-state index contributed by atoms with van der Waals surface area (Å²) in [5.41, 5.74) is 0.785. The van der Waals surface area contributed by atoms with E-state index >= 15 is 0 Å². The van der Waals surface area contributed by atoms with Gasteiger partial charge in [-0.15, -0.1) is 12.4 Å². The zero-order chi connectivity index (χ0) is 19.1. The summed E-state index contributed by atoms with van der Waals surface area (Å²) in [6.07, 6.45) is 3.33. The van der Waals surface area contributed by atoms with E-state index in [1.165, 1.54) is 0 Å². The maximum Gasteiger partial charge on any atom is 0.232 e. The molecule has 2 heterocycles. The molecule has 1 atom stereocenters. The highest BCUT2D eigenvalue weighted by molar-refractivity contribution is 5.88. The van der Waals surface area contributed by atoms with Crippen molar-refractivity contribution in [3.05, 3.63) is 35.9 Å². The molecule has 1 aromatic carbocycles. The Balaban J connectivity index is 0.00000225. The third kappa shape index (κ3) is 3.79. The Labute approximate surface area is 174 Å². The van der Waals surface area contributed by atoms with Crippen molar-refractivity contribution < 1.29 is 9.59 Å². The van der Waals surface area contributed by atoms with Crippen LogP contribution in [0.2, 0.25) is 0 Å². The van der Waals surface area contributed by atoms with Crippen LogP contribution in [0.1, 0.15) is 38.7 Å². The summed E-state index contributed by atoms with van der Waals surface area (Å²) in [6, 6.07) is 9.97. The molecule has 5 nitrogen and oxygen atoms in total. The lowest BCUT2D eigenvalue weighted by molar-refractivity contribution is -0.143. The van der Waals surface area contributed by atoms with Gasteiger partial charge in [0.25, 0.3) is 0 Å². The van der Waals surface area contributed by atoms with Crippen molar-refractivity contribution in [3.8, 4) is 0 Å². The molecule has 1 saturated carbocycles. The summed E-state index contributed by atoms with van der Waals surface area (Å²) in [5.74, 6) is 0.705. The van der Waals surface area contributed by atoms with E-state index < -0.39 is 5.41 Å². The van der Waals surface area contributed by atoms with Gasteiger partial charge in [0, 0.05) is 32.1 Å². The number of piperazine rings is 1. The summed E-state index contributed by atoms with van der Waals surface area (Å²) < 4.78 is 0. The first kappa shape index (κ1) is 21.1. The fraction of sp³-hybridized carbons (Fsp3) is 0.636. The summed E-state index contributed by atoms with van der Waals surface area (Å²) in [4.78, 5) is 30.0. The molecule has 0 bridgehead atoms. The molecule has 1 unspecified atom stereocenters. The van der Waals surface area contributed by atoms with Gasteiger partial charge in [-0.25, -0.2) is 0 Å². The van der Waals surface area contributed by atoms with E-state index in [0.717, 1.165) is 37.9 Å². The van der Waals surface area contributed by atoms with Crippen molar-refractivity contribution in [1.82, 2.24) is 15.1 Å². The molecule has 6 heteroatoms. The van der Waals surface area contributed by atoms with Crippen LogP contribution in [-0.4, -0.2) is 60.9 Å². The maximum atomic E-state index is 13.1. The lowest BCUT2D eigenvalue weighted by Crippen LogP contribution is -2.54. The van der Waals surface area contributed by atoms with E-state index in [-0.39, 0.29) is 29.6 Å². The van der Waals surface area contributed by atoms with Gasteiger partial charge in [0.2, 0.25) is 11.8 Å². The van der Waals surface area contributed by atoms with Crippen molar-refractivity contribution in [2.75, 3.05) is 39.3 Å². The number of nitrogens with zero attached hydrogens (tertiary/aromatic N) is 2. The van der Waals surface area contributed by atoms with Crippen LogP contribution in [0, 0.1) is 11.3 Å². The fourth-order valence-electron chi connectivity index (χ4n) is 4.90. The molecule has 1 aromatic rings. The van der Waals surface area contributed by atoms with E-state index in [9.17, 15) is 9.59 Å². The Morgan fingerprint density at radius 3 is 2.18 bits per heavy atom. The van der Waals surface area contributed by atoms with Gasteiger partial charge in [0.1, 0.15) is 0 Å². The zero-order valence-corrected chi connectivity index (χ0v) is 17.8. The molecule has 2 saturated heterocycles. The number of nitrogens with one attached hydrogen (secondary N) is 1. The molecule has 154 valence electrons. The molecule has 3 aliphatic rings. The monoisotopic (exact) mass is 405 g/mol. The average molecular weight is 406 g/mol. The minimum absolute atomic E-state index is 0. The van der Waals surface area contributed by atoms with E-state index in [0.29, 0.717) is 32.1 Å². The van der Waals surface area contributed by atoms with Crippen molar-refractivity contribution in [1.29, 1.82) is 0 Å². The molecule has 0 aromatic heterocycles. The summed E-state index contributed by atoms with van der Waals surface area (Å²) >= 11 is 0. The first-order chi connectivity index (χ1) is 12.9. The summed E-state index contributed by atoms with van der Waals surface area (Å²) in [7, 11) is 0. The molecule has 1 aliphatic carbocycles. The van der Waals surface area contributed by atoms with Crippen LogP contribution >= 0.6 is 12.4 Å². The lowest BCUT2D eigenvalue weighted by atomic mass is 9.83. The maximum absolute atomic E-state index is 13.1. The first-order valence-electron chi connectivity index (χ1n) is 10.3. The molecule has 1 spiro atoms. The van der Waals surface area contributed by atoms with Gasteiger partial charge in [-0.1, -0.05) is 30.3 Å². The van der Waals surface area contributed by atoms with Crippen molar-refractivity contribution in [2.24, 2.45) is 11.3 Å². The van der Waals surface area contributed by atoms with Gasteiger partial charge in [-0.2, -0.15) is 0 Å². The number of piperidine rings is 1. The quantitative estimate of drug-likeness (QED) is 0.840. The highest BCUT2D eigenvalue weighted by atomic mass is 35.5. The summed E-state index contributed by atoms with van der Waals surface area (Å²) in [5, 5.41) is 3.40. The van der Waals surface area contributed by atoms with E-state index in [1.807, 2.05) is 54.0 Å². The second kappa shape index (κ2) is 8.03. The van der Waals surface area contributed by atoms with Gasteiger partial charge >= 0.3 is 0 Å². The molecule has 28 heavy (non-hydrogen) atoms. The van der Waals surface area contributed by atoms with Crippen LogP contribution in [0.5, 0.6) is 0 Å². The average Bonchev–Trinajstić information content (AvgIpc) is 3.40.